The monoisotopic (exact) mass is 346 g/mol. The molecule has 0 aromatic heterocycles. The SMILES string of the molecule is COCCSc1ccc(C(C)Nc2ccc(C#N)c(Cl)c2)cc1. The number of thioether (sulfide) groups is 1. The number of nitriles is 1. The van der Waals surface area contributed by atoms with Gasteiger partial charge in [0.2, 0.25) is 0 Å². The van der Waals surface area contributed by atoms with E-state index in [9.17, 15) is 0 Å². The molecular weight excluding hydrogens is 328 g/mol. The van der Waals surface area contributed by atoms with E-state index in [4.69, 9.17) is 21.6 Å². The van der Waals surface area contributed by atoms with Crippen LogP contribution in [0.2, 0.25) is 5.02 Å². The molecule has 0 saturated carbocycles. The van der Waals surface area contributed by atoms with Gasteiger partial charge in [-0.1, -0.05) is 23.7 Å². The molecule has 0 fully saturated rings. The first-order valence-corrected chi connectivity index (χ1v) is 8.68. The summed E-state index contributed by atoms with van der Waals surface area (Å²) in [6, 6.07) is 16.1. The summed E-state index contributed by atoms with van der Waals surface area (Å²) in [6.45, 7) is 2.85. The van der Waals surface area contributed by atoms with Crippen LogP contribution in [0.3, 0.4) is 0 Å². The molecule has 1 atom stereocenters. The number of benzene rings is 2. The van der Waals surface area contributed by atoms with E-state index < -0.39 is 0 Å². The molecule has 2 aromatic rings. The number of ether oxygens (including phenoxy) is 1. The van der Waals surface area contributed by atoms with E-state index >= 15 is 0 Å². The van der Waals surface area contributed by atoms with Crippen LogP contribution in [-0.2, 0) is 4.74 Å². The largest absolute Gasteiger partial charge is 0.384 e. The fourth-order valence-electron chi connectivity index (χ4n) is 2.12. The summed E-state index contributed by atoms with van der Waals surface area (Å²) in [4.78, 5) is 1.24. The molecule has 0 radical (unpaired) electrons. The summed E-state index contributed by atoms with van der Waals surface area (Å²) >= 11 is 7.85. The third-order valence-corrected chi connectivity index (χ3v) is 4.70. The number of rotatable bonds is 7. The first-order valence-electron chi connectivity index (χ1n) is 7.32. The number of methoxy groups -OCH3 is 1. The van der Waals surface area contributed by atoms with Crippen LogP contribution >= 0.6 is 23.4 Å². The molecule has 3 nitrogen and oxygen atoms in total. The van der Waals surface area contributed by atoms with Crippen molar-refractivity contribution in [2.45, 2.75) is 17.9 Å². The second-order valence-electron chi connectivity index (χ2n) is 5.08. The van der Waals surface area contributed by atoms with E-state index in [1.807, 2.05) is 6.07 Å². The maximum Gasteiger partial charge on any atom is 0.101 e. The Hall–Kier alpha value is -1.67. The predicted molar refractivity (Wildman–Crippen MR) is 97.2 cm³/mol. The van der Waals surface area contributed by atoms with E-state index in [-0.39, 0.29) is 6.04 Å². The standard InChI is InChI=1S/C18H19ClN2OS/c1-13(21-16-6-3-15(12-20)18(19)11-16)14-4-7-17(8-5-14)23-10-9-22-2/h3-8,11,13,21H,9-10H2,1-2H3. The predicted octanol–water partition coefficient (Wildman–Crippen LogP) is 5.12. The molecule has 120 valence electrons. The molecule has 0 aliphatic heterocycles. The Morgan fingerprint density at radius 1 is 1.26 bits per heavy atom. The summed E-state index contributed by atoms with van der Waals surface area (Å²) in [7, 11) is 1.71. The summed E-state index contributed by atoms with van der Waals surface area (Å²) < 4.78 is 5.06. The molecule has 1 N–H and O–H groups in total. The van der Waals surface area contributed by atoms with Crippen molar-refractivity contribution in [2.24, 2.45) is 0 Å². The highest BCUT2D eigenvalue weighted by atomic mass is 35.5. The first kappa shape index (κ1) is 17.7. The summed E-state index contributed by atoms with van der Waals surface area (Å²) in [5, 5.41) is 12.8. The second-order valence-corrected chi connectivity index (χ2v) is 6.66. The molecule has 2 rings (SSSR count). The number of nitrogens with one attached hydrogen (secondary N) is 1. The van der Waals surface area contributed by atoms with Crippen LogP contribution in [0.1, 0.15) is 24.1 Å². The smallest absolute Gasteiger partial charge is 0.101 e. The number of hydrogen-bond acceptors (Lipinski definition) is 4. The second kappa shape index (κ2) is 8.83. The van der Waals surface area contributed by atoms with Gasteiger partial charge in [0, 0.05) is 29.5 Å². The molecule has 0 amide bonds. The Kier molecular flexibility index (Phi) is 6.79. The van der Waals surface area contributed by atoms with E-state index in [2.05, 4.69) is 42.6 Å². The molecule has 0 aliphatic carbocycles. The van der Waals surface area contributed by atoms with Crippen molar-refractivity contribution >= 4 is 29.1 Å². The van der Waals surface area contributed by atoms with Crippen molar-refractivity contribution < 1.29 is 4.74 Å². The van der Waals surface area contributed by atoms with Gasteiger partial charge in [-0.2, -0.15) is 5.26 Å². The van der Waals surface area contributed by atoms with E-state index in [1.165, 1.54) is 10.5 Å². The van der Waals surface area contributed by atoms with Crippen molar-refractivity contribution in [1.82, 2.24) is 0 Å². The maximum atomic E-state index is 8.91. The van der Waals surface area contributed by atoms with E-state index in [0.29, 0.717) is 10.6 Å². The zero-order valence-corrected chi connectivity index (χ0v) is 14.7. The fourth-order valence-corrected chi connectivity index (χ4v) is 3.16. The highest BCUT2D eigenvalue weighted by molar-refractivity contribution is 7.99. The lowest BCUT2D eigenvalue weighted by molar-refractivity contribution is 0.218. The Labute approximate surface area is 146 Å². The van der Waals surface area contributed by atoms with Crippen molar-refractivity contribution in [3.63, 3.8) is 0 Å². The van der Waals surface area contributed by atoms with Gasteiger partial charge in [-0.25, -0.2) is 0 Å². The van der Waals surface area contributed by atoms with Crippen LogP contribution in [0.15, 0.2) is 47.4 Å². The zero-order valence-electron chi connectivity index (χ0n) is 13.2. The quantitative estimate of drug-likeness (QED) is 0.558. The molecule has 0 spiro atoms. The average Bonchev–Trinajstić information content (AvgIpc) is 2.56. The zero-order chi connectivity index (χ0) is 16.7. The normalized spacial score (nSPS) is 11.7. The minimum atomic E-state index is 0.150. The minimum absolute atomic E-state index is 0.150. The third-order valence-electron chi connectivity index (χ3n) is 3.41. The summed E-state index contributed by atoms with van der Waals surface area (Å²) in [6.07, 6.45) is 0. The van der Waals surface area contributed by atoms with Crippen molar-refractivity contribution in [3.05, 3.63) is 58.6 Å². The van der Waals surface area contributed by atoms with Crippen LogP contribution < -0.4 is 5.32 Å². The van der Waals surface area contributed by atoms with Crippen LogP contribution in [0.4, 0.5) is 5.69 Å². The minimum Gasteiger partial charge on any atom is -0.384 e. The highest BCUT2D eigenvalue weighted by Crippen LogP contribution is 2.26. The van der Waals surface area contributed by atoms with Gasteiger partial charge >= 0.3 is 0 Å². The van der Waals surface area contributed by atoms with Gasteiger partial charge in [-0.15, -0.1) is 11.8 Å². The van der Waals surface area contributed by atoms with Crippen LogP contribution in [0, 0.1) is 11.3 Å². The van der Waals surface area contributed by atoms with Crippen LogP contribution in [-0.4, -0.2) is 19.5 Å². The van der Waals surface area contributed by atoms with Gasteiger partial charge in [-0.3, -0.25) is 0 Å². The molecule has 0 aliphatic rings. The molecule has 1 unspecified atom stereocenters. The third kappa shape index (κ3) is 5.18. The summed E-state index contributed by atoms with van der Waals surface area (Å²) in [5.41, 5.74) is 2.59. The Balaban J connectivity index is 1.99. The Bertz CT molecular complexity index is 682. The van der Waals surface area contributed by atoms with Gasteiger partial charge < -0.3 is 10.1 Å². The Morgan fingerprint density at radius 2 is 2.00 bits per heavy atom. The van der Waals surface area contributed by atoms with Gasteiger partial charge in [0.25, 0.3) is 0 Å². The molecular formula is C18H19ClN2OS. The van der Waals surface area contributed by atoms with Crippen molar-refractivity contribution in [2.75, 3.05) is 24.8 Å². The van der Waals surface area contributed by atoms with Crippen molar-refractivity contribution in [1.29, 1.82) is 5.26 Å². The summed E-state index contributed by atoms with van der Waals surface area (Å²) in [5.74, 6) is 0.952. The van der Waals surface area contributed by atoms with Crippen molar-refractivity contribution in [3.8, 4) is 6.07 Å². The molecule has 0 bridgehead atoms. The van der Waals surface area contributed by atoms with E-state index in [1.54, 1.807) is 31.0 Å². The van der Waals surface area contributed by atoms with Crippen LogP contribution in [0.25, 0.3) is 0 Å². The lowest BCUT2D eigenvalue weighted by atomic mass is 10.1. The first-order chi connectivity index (χ1) is 11.1. The molecule has 0 saturated heterocycles. The fraction of sp³-hybridized carbons (Fsp3) is 0.278. The van der Waals surface area contributed by atoms with Crippen LogP contribution in [0.5, 0.6) is 0 Å². The number of anilines is 1. The van der Waals surface area contributed by atoms with E-state index in [0.717, 1.165) is 18.0 Å². The van der Waals surface area contributed by atoms with Gasteiger partial charge in [0.15, 0.2) is 0 Å². The molecule has 5 heteroatoms. The lowest BCUT2D eigenvalue weighted by Gasteiger charge is -2.16. The van der Waals surface area contributed by atoms with Gasteiger partial charge in [0.1, 0.15) is 6.07 Å². The Morgan fingerprint density at radius 3 is 2.61 bits per heavy atom. The maximum absolute atomic E-state index is 8.91. The molecule has 0 heterocycles. The lowest BCUT2D eigenvalue weighted by Crippen LogP contribution is -2.06. The number of halogens is 1. The average molecular weight is 347 g/mol. The number of hydrogen-bond donors (Lipinski definition) is 1. The van der Waals surface area contributed by atoms with Gasteiger partial charge in [0.05, 0.1) is 17.2 Å². The topological polar surface area (TPSA) is 45.0 Å². The highest BCUT2D eigenvalue weighted by Gasteiger charge is 2.07. The number of nitrogens with zero attached hydrogens (tertiary/aromatic N) is 1. The van der Waals surface area contributed by atoms with Gasteiger partial charge in [-0.05, 0) is 42.8 Å². The molecule has 23 heavy (non-hydrogen) atoms. The molecule has 2 aromatic carbocycles.